The van der Waals surface area contributed by atoms with Crippen LogP contribution < -0.4 is 10.6 Å². The number of hydrogen-bond acceptors (Lipinski definition) is 2. The van der Waals surface area contributed by atoms with Crippen LogP contribution in [0.2, 0.25) is 0 Å². The highest BCUT2D eigenvalue weighted by atomic mass is 79.9. The fourth-order valence-electron chi connectivity index (χ4n) is 3.30. The number of rotatable bonds is 5. The van der Waals surface area contributed by atoms with Gasteiger partial charge in [-0.05, 0) is 55.8 Å². The van der Waals surface area contributed by atoms with Gasteiger partial charge in [-0.2, -0.15) is 0 Å². The van der Waals surface area contributed by atoms with Crippen molar-refractivity contribution in [2.75, 3.05) is 24.5 Å². The molecule has 0 amide bonds. The van der Waals surface area contributed by atoms with Crippen molar-refractivity contribution in [3.63, 3.8) is 0 Å². The molecule has 2 nitrogen and oxygen atoms in total. The molecule has 0 aromatic heterocycles. The summed E-state index contributed by atoms with van der Waals surface area (Å²) in [7, 11) is 0. The normalized spacial score (nSPS) is 19.9. The Bertz CT molecular complexity index is 419. The summed E-state index contributed by atoms with van der Waals surface area (Å²) in [5.41, 5.74) is 8.54. The van der Waals surface area contributed by atoms with Gasteiger partial charge in [0.1, 0.15) is 0 Å². The average molecular weight is 339 g/mol. The van der Waals surface area contributed by atoms with Crippen LogP contribution in [0.3, 0.4) is 0 Å². The minimum atomic E-state index is 0.723. The summed E-state index contributed by atoms with van der Waals surface area (Å²) in [5, 5.41) is 0. The molecule has 1 heterocycles. The van der Waals surface area contributed by atoms with Gasteiger partial charge in [0.05, 0.1) is 0 Å². The summed E-state index contributed by atoms with van der Waals surface area (Å²) in [6.45, 7) is 5.41. The molecule has 1 atom stereocenters. The van der Waals surface area contributed by atoms with E-state index in [4.69, 9.17) is 5.73 Å². The standard InChI is InChI=1S/C17H27BrN2/c1-2-4-14-5-3-11-20(12-9-14)17-13-16(18)7-6-15(17)8-10-19/h6-7,13-14H,2-5,8-12,19H2,1H3. The first-order valence-corrected chi connectivity index (χ1v) is 8.77. The second-order valence-corrected chi connectivity index (χ2v) is 6.80. The highest BCUT2D eigenvalue weighted by Gasteiger charge is 2.18. The Morgan fingerprint density at radius 1 is 1.30 bits per heavy atom. The Labute approximate surface area is 131 Å². The third kappa shape index (κ3) is 4.23. The molecule has 1 aromatic rings. The van der Waals surface area contributed by atoms with E-state index < -0.39 is 0 Å². The number of nitrogens with two attached hydrogens (primary N) is 1. The molecule has 20 heavy (non-hydrogen) atoms. The molecular formula is C17H27BrN2. The van der Waals surface area contributed by atoms with Gasteiger partial charge in [0.25, 0.3) is 0 Å². The maximum absolute atomic E-state index is 5.76. The van der Waals surface area contributed by atoms with Crippen molar-refractivity contribution in [1.29, 1.82) is 0 Å². The Morgan fingerprint density at radius 3 is 2.90 bits per heavy atom. The van der Waals surface area contributed by atoms with Crippen LogP contribution in [0.15, 0.2) is 22.7 Å². The highest BCUT2D eigenvalue weighted by Crippen LogP contribution is 2.30. The second-order valence-electron chi connectivity index (χ2n) is 5.88. The fourth-order valence-corrected chi connectivity index (χ4v) is 3.65. The Kier molecular flexibility index (Phi) is 6.37. The SMILES string of the molecule is CCCC1CCCN(c2cc(Br)ccc2CCN)CC1. The molecule has 1 aromatic carbocycles. The van der Waals surface area contributed by atoms with E-state index in [2.05, 4.69) is 46.0 Å². The molecule has 1 aliphatic heterocycles. The zero-order chi connectivity index (χ0) is 14.4. The van der Waals surface area contributed by atoms with Gasteiger partial charge >= 0.3 is 0 Å². The quantitative estimate of drug-likeness (QED) is 0.864. The molecule has 0 radical (unpaired) electrons. The lowest BCUT2D eigenvalue weighted by Gasteiger charge is -2.26. The molecular weight excluding hydrogens is 312 g/mol. The summed E-state index contributed by atoms with van der Waals surface area (Å²) < 4.78 is 1.17. The van der Waals surface area contributed by atoms with Gasteiger partial charge in [-0.25, -0.2) is 0 Å². The van der Waals surface area contributed by atoms with E-state index in [0.29, 0.717) is 0 Å². The zero-order valence-electron chi connectivity index (χ0n) is 12.6. The number of anilines is 1. The van der Waals surface area contributed by atoms with E-state index in [9.17, 15) is 0 Å². The molecule has 2 rings (SSSR count). The maximum atomic E-state index is 5.76. The molecule has 2 N–H and O–H groups in total. The number of hydrogen-bond donors (Lipinski definition) is 1. The summed E-state index contributed by atoms with van der Waals surface area (Å²) >= 11 is 3.61. The summed E-state index contributed by atoms with van der Waals surface area (Å²) in [4.78, 5) is 2.57. The first-order valence-electron chi connectivity index (χ1n) is 7.98. The summed E-state index contributed by atoms with van der Waals surface area (Å²) in [6, 6.07) is 6.62. The van der Waals surface area contributed by atoms with Crippen LogP contribution in [-0.2, 0) is 6.42 Å². The van der Waals surface area contributed by atoms with Gasteiger partial charge in [-0.1, -0.05) is 41.8 Å². The average Bonchev–Trinajstić information content (AvgIpc) is 2.67. The van der Waals surface area contributed by atoms with Gasteiger partial charge in [-0.15, -0.1) is 0 Å². The van der Waals surface area contributed by atoms with E-state index >= 15 is 0 Å². The van der Waals surface area contributed by atoms with Gasteiger partial charge in [0.15, 0.2) is 0 Å². The number of halogens is 1. The smallest absolute Gasteiger partial charge is 0.0410 e. The molecule has 0 aliphatic carbocycles. The van der Waals surface area contributed by atoms with Crippen LogP contribution in [0, 0.1) is 5.92 Å². The Hall–Kier alpha value is -0.540. The largest absolute Gasteiger partial charge is 0.371 e. The fraction of sp³-hybridized carbons (Fsp3) is 0.647. The van der Waals surface area contributed by atoms with Crippen LogP contribution in [-0.4, -0.2) is 19.6 Å². The van der Waals surface area contributed by atoms with Gasteiger partial charge < -0.3 is 10.6 Å². The highest BCUT2D eigenvalue weighted by molar-refractivity contribution is 9.10. The summed E-state index contributed by atoms with van der Waals surface area (Å²) in [6.07, 6.45) is 7.73. The van der Waals surface area contributed by atoms with Gasteiger partial charge in [0.2, 0.25) is 0 Å². The lowest BCUT2D eigenvalue weighted by molar-refractivity contribution is 0.435. The monoisotopic (exact) mass is 338 g/mol. The van der Waals surface area contributed by atoms with Crippen molar-refractivity contribution in [2.45, 2.75) is 45.4 Å². The zero-order valence-corrected chi connectivity index (χ0v) is 14.2. The van der Waals surface area contributed by atoms with E-state index in [1.54, 1.807) is 0 Å². The van der Waals surface area contributed by atoms with Crippen molar-refractivity contribution in [2.24, 2.45) is 11.7 Å². The third-order valence-corrected chi connectivity index (χ3v) is 4.84. The predicted octanol–water partition coefficient (Wildman–Crippen LogP) is 4.36. The van der Waals surface area contributed by atoms with E-state index in [0.717, 1.165) is 18.9 Å². The van der Waals surface area contributed by atoms with E-state index in [1.165, 1.54) is 60.9 Å². The Morgan fingerprint density at radius 2 is 2.15 bits per heavy atom. The molecule has 112 valence electrons. The molecule has 1 fully saturated rings. The van der Waals surface area contributed by atoms with Crippen molar-refractivity contribution < 1.29 is 0 Å². The first-order chi connectivity index (χ1) is 9.74. The first kappa shape index (κ1) is 15.8. The minimum Gasteiger partial charge on any atom is -0.371 e. The van der Waals surface area contributed by atoms with Crippen molar-refractivity contribution in [1.82, 2.24) is 0 Å². The third-order valence-electron chi connectivity index (χ3n) is 4.35. The number of nitrogens with zero attached hydrogens (tertiary/aromatic N) is 1. The van der Waals surface area contributed by atoms with Crippen LogP contribution in [0.1, 0.15) is 44.6 Å². The molecule has 3 heteroatoms. The van der Waals surface area contributed by atoms with Crippen molar-refractivity contribution in [3.05, 3.63) is 28.2 Å². The van der Waals surface area contributed by atoms with Gasteiger partial charge in [0, 0.05) is 23.2 Å². The van der Waals surface area contributed by atoms with Crippen LogP contribution in [0.4, 0.5) is 5.69 Å². The van der Waals surface area contributed by atoms with Crippen molar-refractivity contribution in [3.8, 4) is 0 Å². The second kappa shape index (κ2) is 8.04. The molecule has 0 bridgehead atoms. The Balaban J connectivity index is 2.12. The van der Waals surface area contributed by atoms with E-state index in [-0.39, 0.29) is 0 Å². The summed E-state index contributed by atoms with van der Waals surface area (Å²) in [5.74, 6) is 0.926. The maximum Gasteiger partial charge on any atom is 0.0410 e. The van der Waals surface area contributed by atoms with E-state index in [1.807, 2.05) is 0 Å². The lowest BCUT2D eigenvalue weighted by Crippen LogP contribution is -2.25. The predicted molar refractivity (Wildman–Crippen MR) is 91.4 cm³/mol. The lowest BCUT2D eigenvalue weighted by atomic mass is 9.96. The van der Waals surface area contributed by atoms with Crippen LogP contribution in [0.25, 0.3) is 0 Å². The molecule has 0 spiro atoms. The van der Waals surface area contributed by atoms with Crippen LogP contribution in [0.5, 0.6) is 0 Å². The van der Waals surface area contributed by atoms with Crippen molar-refractivity contribution >= 4 is 21.6 Å². The molecule has 1 unspecified atom stereocenters. The molecule has 1 aliphatic rings. The number of benzene rings is 1. The molecule has 1 saturated heterocycles. The molecule has 0 saturated carbocycles. The minimum absolute atomic E-state index is 0.723. The van der Waals surface area contributed by atoms with Crippen LogP contribution >= 0.6 is 15.9 Å². The van der Waals surface area contributed by atoms with Gasteiger partial charge in [-0.3, -0.25) is 0 Å². The topological polar surface area (TPSA) is 29.3 Å².